The summed E-state index contributed by atoms with van der Waals surface area (Å²) in [5.41, 5.74) is 1.18. The highest BCUT2D eigenvalue weighted by Gasteiger charge is 2.28. The van der Waals surface area contributed by atoms with Gasteiger partial charge in [-0.3, -0.25) is 14.6 Å². The number of rotatable bonds is 4. The highest BCUT2D eigenvalue weighted by molar-refractivity contribution is 5.93. The van der Waals surface area contributed by atoms with Crippen LogP contribution in [-0.2, 0) is 4.79 Å². The number of nitrogens with zero attached hydrogens (tertiary/aromatic N) is 2. The van der Waals surface area contributed by atoms with E-state index in [4.69, 9.17) is 0 Å². The van der Waals surface area contributed by atoms with Gasteiger partial charge in [0.1, 0.15) is 11.7 Å². The van der Waals surface area contributed by atoms with Gasteiger partial charge in [-0.2, -0.15) is 0 Å². The predicted octanol–water partition coefficient (Wildman–Crippen LogP) is -0.644. The van der Waals surface area contributed by atoms with Crippen LogP contribution in [0.4, 0.5) is 5.69 Å². The van der Waals surface area contributed by atoms with Crippen LogP contribution in [0.2, 0.25) is 0 Å². The molecular formula is C14H21N5O2. The number of hydrogen-bond donors (Lipinski definition) is 3. The molecular weight excluding hydrogens is 270 g/mol. The molecule has 1 aliphatic rings. The number of piperazine rings is 1. The number of hydrogen-bond acceptors (Lipinski definition) is 5. The lowest BCUT2D eigenvalue weighted by Crippen LogP contribution is -2.58. The number of carbonyl (C=O) groups is 2. The van der Waals surface area contributed by atoms with Crippen LogP contribution in [0, 0.1) is 0 Å². The Hall–Kier alpha value is -2.15. The summed E-state index contributed by atoms with van der Waals surface area (Å²) in [7, 11) is 1.57. The Bertz CT molecular complexity index is 520. The number of carbonyl (C=O) groups excluding carboxylic acids is 2. The largest absolute Gasteiger partial charge is 0.357 e. The summed E-state index contributed by atoms with van der Waals surface area (Å²) in [6.45, 7) is 4.59. The maximum absolute atomic E-state index is 12.2. The summed E-state index contributed by atoms with van der Waals surface area (Å²) < 4.78 is 0. The molecule has 0 spiro atoms. The molecule has 0 aliphatic carbocycles. The van der Waals surface area contributed by atoms with Crippen molar-refractivity contribution in [2.75, 3.05) is 38.1 Å². The van der Waals surface area contributed by atoms with Gasteiger partial charge in [0.25, 0.3) is 5.91 Å². The summed E-state index contributed by atoms with van der Waals surface area (Å²) in [5, 5.41) is 8.63. The highest BCUT2D eigenvalue weighted by atomic mass is 16.2. The lowest BCUT2D eigenvalue weighted by molar-refractivity contribution is -0.122. The molecule has 0 aromatic carbocycles. The summed E-state index contributed by atoms with van der Waals surface area (Å²) in [6.07, 6.45) is 1.59. The Morgan fingerprint density at radius 2 is 2.33 bits per heavy atom. The molecule has 2 heterocycles. The third kappa shape index (κ3) is 3.49. The summed E-state index contributed by atoms with van der Waals surface area (Å²) in [6, 6.07) is 3.26. The van der Waals surface area contributed by atoms with Gasteiger partial charge in [0.2, 0.25) is 5.91 Å². The third-order valence-electron chi connectivity index (χ3n) is 3.43. The Morgan fingerprint density at radius 3 is 3.05 bits per heavy atom. The maximum Gasteiger partial charge on any atom is 0.269 e. The van der Waals surface area contributed by atoms with Crippen LogP contribution in [0.25, 0.3) is 0 Å². The van der Waals surface area contributed by atoms with Crippen LogP contribution in [0.5, 0.6) is 0 Å². The molecule has 1 aromatic heterocycles. The zero-order chi connectivity index (χ0) is 15.2. The first-order valence-electron chi connectivity index (χ1n) is 7.10. The molecule has 0 radical (unpaired) electrons. The first-order valence-corrected chi connectivity index (χ1v) is 7.10. The second kappa shape index (κ2) is 7.03. The second-order valence-electron chi connectivity index (χ2n) is 4.79. The Labute approximate surface area is 124 Å². The van der Waals surface area contributed by atoms with E-state index in [0.717, 1.165) is 12.2 Å². The van der Waals surface area contributed by atoms with E-state index >= 15 is 0 Å². The molecule has 1 fully saturated rings. The minimum absolute atomic E-state index is 0.0111. The van der Waals surface area contributed by atoms with Gasteiger partial charge >= 0.3 is 0 Å². The fourth-order valence-corrected chi connectivity index (χ4v) is 2.39. The number of nitrogens with one attached hydrogen (secondary N) is 3. The van der Waals surface area contributed by atoms with E-state index in [-0.39, 0.29) is 17.9 Å². The fourth-order valence-electron chi connectivity index (χ4n) is 2.39. The van der Waals surface area contributed by atoms with E-state index in [0.29, 0.717) is 25.3 Å². The molecule has 7 heteroatoms. The molecule has 1 aliphatic heterocycles. The molecule has 3 N–H and O–H groups in total. The predicted molar refractivity (Wildman–Crippen MR) is 80.3 cm³/mol. The van der Waals surface area contributed by atoms with Crippen LogP contribution >= 0.6 is 0 Å². The smallest absolute Gasteiger partial charge is 0.269 e. The number of amides is 2. The molecule has 21 heavy (non-hydrogen) atoms. The van der Waals surface area contributed by atoms with Gasteiger partial charge in [-0.15, -0.1) is 0 Å². The van der Waals surface area contributed by atoms with Crippen molar-refractivity contribution in [2.24, 2.45) is 0 Å². The molecule has 1 saturated heterocycles. The minimum atomic E-state index is -0.279. The lowest BCUT2D eigenvalue weighted by Gasteiger charge is -2.36. The molecule has 0 saturated carbocycles. The minimum Gasteiger partial charge on any atom is -0.357 e. The van der Waals surface area contributed by atoms with E-state index in [1.54, 1.807) is 19.3 Å². The van der Waals surface area contributed by atoms with Crippen molar-refractivity contribution in [2.45, 2.75) is 13.0 Å². The van der Waals surface area contributed by atoms with E-state index in [9.17, 15) is 9.59 Å². The quantitative estimate of drug-likeness (QED) is 0.687. The Morgan fingerprint density at radius 1 is 1.52 bits per heavy atom. The van der Waals surface area contributed by atoms with Crippen molar-refractivity contribution in [1.29, 1.82) is 0 Å². The third-order valence-corrected chi connectivity index (χ3v) is 3.43. The first kappa shape index (κ1) is 15.2. The first-order chi connectivity index (χ1) is 10.2. The van der Waals surface area contributed by atoms with Gasteiger partial charge in [-0.05, 0) is 19.1 Å². The zero-order valence-electron chi connectivity index (χ0n) is 12.3. The fraction of sp³-hybridized carbons (Fsp3) is 0.500. The molecule has 2 amide bonds. The number of aromatic nitrogens is 1. The van der Waals surface area contributed by atoms with Crippen LogP contribution in [0.15, 0.2) is 18.3 Å². The van der Waals surface area contributed by atoms with Crippen LogP contribution in [0.3, 0.4) is 0 Å². The van der Waals surface area contributed by atoms with Gasteiger partial charge in [0.05, 0.1) is 0 Å². The summed E-state index contributed by atoms with van der Waals surface area (Å²) in [4.78, 5) is 29.9. The van der Waals surface area contributed by atoms with Crippen molar-refractivity contribution in [3.05, 3.63) is 24.0 Å². The maximum atomic E-state index is 12.2. The molecule has 1 unspecified atom stereocenters. The number of pyridine rings is 1. The lowest BCUT2D eigenvalue weighted by atomic mass is 10.1. The molecule has 1 atom stereocenters. The Kier molecular flexibility index (Phi) is 5.10. The molecule has 2 rings (SSSR count). The van der Waals surface area contributed by atoms with Crippen LogP contribution in [0.1, 0.15) is 17.4 Å². The van der Waals surface area contributed by atoms with Gasteiger partial charge in [0, 0.05) is 45.1 Å². The molecule has 7 nitrogen and oxygen atoms in total. The van der Waals surface area contributed by atoms with E-state index in [1.807, 2.05) is 17.9 Å². The number of anilines is 1. The van der Waals surface area contributed by atoms with E-state index < -0.39 is 0 Å². The van der Waals surface area contributed by atoms with Crippen molar-refractivity contribution in [3.8, 4) is 0 Å². The average molecular weight is 291 g/mol. The monoisotopic (exact) mass is 291 g/mol. The molecule has 114 valence electrons. The van der Waals surface area contributed by atoms with Crippen LogP contribution < -0.4 is 20.9 Å². The highest BCUT2D eigenvalue weighted by Crippen LogP contribution is 2.19. The second-order valence-corrected chi connectivity index (χ2v) is 4.79. The zero-order valence-corrected chi connectivity index (χ0v) is 12.3. The van der Waals surface area contributed by atoms with Crippen molar-refractivity contribution in [1.82, 2.24) is 20.9 Å². The van der Waals surface area contributed by atoms with Crippen molar-refractivity contribution >= 4 is 17.5 Å². The van der Waals surface area contributed by atoms with Crippen LogP contribution in [-0.4, -0.2) is 56.1 Å². The molecule has 1 aromatic rings. The Balaban J connectivity index is 2.24. The normalized spacial score (nSPS) is 18.2. The summed E-state index contributed by atoms with van der Waals surface area (Å²) in [5.74, 6) is -0.246. The van der Waals surface area contributed by atoms with Gasteiger partial charge in [-0.1, -0.05) is 0 Å². The molecule has 0 bridgehead atoms. The number of likely N-dealkylation sites (N-methyl/N-ethyl adjacent to an activating group) is 1. The average Bonchev–Trinajstić information content (AvgIpc) is 2.54. The SMILES string of the molecule is CCNC(=O)C1CNCCN1c1ccnc(C(=O)NC)c1. The standard InChI is InChI=1S/C14H21N5O2/c1-3-17-14(21)12-9-16-6-7-19(12)10-4-5-18-11(8-10)13(20)15-2/h4-5,8,12,16H,3,6-7,9H2,1-2H3,(H,15,20)(H,17,21). The van der Waals surface area contributed by atoms with E-state index in [2.05, 4.69) is 20.9 Å². The van der Waals surface area contributed by atoms with Crippen molar-refractivity contribution < 1.29 is 9.59 Å². The van der Waals surface area contributed by atoms with Gasteiger partial charge in [-0.25, -0.2) is 0 Å². The van der Waals surface area contributed by atoms with Crippen molar-refractivity contribution in [3.63, 3.8) is 0 Å². The van der Waals surface area contributed by atoms with Gasteiger partial charge in [0.15, 0.2) is 0 Å². The van der Waals surface area contributed by atoms with E-state index in [1.165, 1.54) is 0 Å². The summed E-state index contributed by atoms with van der Waals surface area (Å²) >= 11 is 0. The topological polar surface area (TPSA) is 86.4 Å². The van der Waals surface area contributed by atoms with Gasteiger partial charge < -0.3 is 20.9 Å².